The van der Waals surface area contributed by atoms with Crippen LogP contribution in [0.1, 0.15) is 17.3 Å². The van der Waals surface area contributed by atoms with Crippen molar-refractivity contribution in [3.05, 3.63) is 60.3 Å². The number of carbonyl (C=O) groups is 2. The lowest BCUT2D eigenvalue weighted by Crippen LogP contribution is -2.06. The van der Waals surface area contributed by atoms with Crippen LogP contribution < -0.4 is 16.0 Å². The molecule has 3 N–H and O–H groups in total. The van der Waals surface area contributed by atoms with Gasteiger partial charge in [-0.1, -0.05) is 12.1 Å². The van der Waals surface area contributed by atoms with Gasteiger partial charge in [-0.25, -0.2) is 4.79 Å². The maximum atomic E-state index is 11.6. The molecule has 0 saturated heterocycles. The topological polar surface area (TPSA) is 118 Å². The second-order valence-electron chi connectivity index (χ2n) is 5.75. The van der Waals surface area contributed by atoms with Crippen molar-refractivity contribution in [1.82, 2.24) is 15.2 Å². The molecule has 1 aromatic heterocycles. The first-order chi connectivity index (χ1) is 13.5. The Kier molecular flexibility index (Phi) is 5.75. The number of nitrogens with one attached hydrogen (secondary N) is 3. The van der Waals surface area contributed by atoms with Crippen molar-refractivity contribution in [2.75, 3.05) is 23.1 Å². The van der Waals surface area contributed by atoms with E-state index in [9.17, 15) is 9.59 Å². The maximum absolute atomic E-state index is 11.6. The maximum Gasteiger partial charge on any atom is 0.337 e. The molecule has 0 spiro atoms. The molecule has 9 heteroatoms. The minimum absolute atomic E-state index is 0.151. The molecule has 1 heterocycles. The van der Waals surface area contributed by atoms with Crippen molar-refractivity contribution >= 4 is 40.7 Å². The molecular formula is C19H18N6O3. The van der Waals surface area contributed by atoms with Gasteiger partial charge in [0.15, 0.2) is 5.82 Å². The fourth-order valence-electron chi connectivity index (χ4n) is 2.41. The van der Waals surface area contributed by atoms with Crippen LogP contribution in [0.2, 0.25) is 0 Å². The highest BCUT2D eigenvalue weighted by molar-refractivity contribution is 5.90. The molecular weight excluding hydrogens is 360 g/mol. The Morgan fingerprint density at radius 2 is 1.68 bits per heavy atom. The average Bonchev–Trinajstić information content (AvgIpc) is 2.67. The van der Waals surface area contributed by atoms with E-state index in [2.05, 4.69) is 31.1 Å². The van der Waals surface area contributed by atoms with Gasteiger partial charge in [-0.2, -0.15) is 10.1 Å². The number of rotatable bonds is 6. The summed E-state index contributed by atoms with van der Waals surface area (Å²) in [6.45, 7) is 1.45. The van der Waals surface area contributed by atoms with Crippen LogP contribution in [0.5, 0.6) is 0 Å². The first kappa shape index (κ1) is 18.8. The molecule has 1 amide bonds. The molecule has 0 bridgehead atoms. The van der Waals surface area contributed by atoms with Crippen LogP contribution in [0.3, 0.4) is 0 Å². The van der Waals surface area contributed by atoms with Crippen LogP contribution >= 0.6 is 0 Å². The van der Waals surface area contributed by atoms with E-state index in [1.807, 2.05) is 6.07 Å². The Labute approximate surface area is 161 Å². The summed E-state index contributed by atoms with van der Waals surface area (Å²) in [7, 11) is 1.32. The first-order valence-electron chi connectivity index (χ1n) is 8.33. The van der Waals surface area contributed by atoms with Gasteiger partial charge in [-0.05, 0) is 36.4 Å². The zero-order valence-corrected chi connectivity index (χ0v) is 15.3. The highest BCUT2D eigenvalue weighted by Gasteiger charge is 2.07. The van der Waals surface area contributed by atoms with Gasteiger partial charge in [0.05, 0.1) is 18.9 Å². The van der Waals surface area contributed by atoms with Gasteiger partial charge in [0.2, 0.25) is 11.9 Å². The molecule has 0 saturated carbocycles. The third kappa shape index (κ3) is 5.01. The number of benzene rings is 2. The molecule has 142 valence electrons. The third-order valence-corrected chi connectivity index (χ3v) is 3.55. The smallest absolute Gasteiger partial charge is 0.337 e. The van der Waals surface area contributed by atoms with E-state index in [1.54, 1.807) is 42.5 Å². The Bertz CT molecular complexity index is 1010. The molecule has 3 aromatic rings. The Hall–Kier alpha value is -4.01. The summed E-state index contributed by atoms with van der Waals surface area (Å²) in [6, 6.07) is 14.0. The number of esters is 1. The molecule has 3 rings (SSSR count). The van der Waals surface area contributed by atoms with Gasteiger partial charge >= 0.3 is 5.97 Å². The fourth-order valence-corrected chi connectivity index (χ4v) is 2.41. The predicted octanol–water partition coefficient (Wildman–Crippen LogP) is 3.10. The molecule has 0 aliphatic heterocycles. The molecule has 0 atom stereocenters. The summed E-state index contributed by atoms with van der Waals surface area (Å²) >= 11 is 0. The summed E-state index contributed by atoms with van der Waals surface area (Å²) in [5.41, 5.74) is 2.42. The van der Waals surface area contributed by atoms with Crippen molar-refractivity contribution in [3.8, 4) is 0 Å². The SMILES string of the molecule is COC(=O)c1cccc(Nc2nncc(Nc3cccc(NC(C)=O)c3)n2)c1. The van der Waals surface area contributed by atoms with E-state index >= 15 is 0 Å². The van der Waals surface area contributed by atoms with Crippen molar-refractivity contribution in [2.24, 2.45) is 0 Å². The predicted molar refractivity (Wildman–Crippen MR) is 105 cm³/mol. The monoisotopic (exact) mass is 378 g/mol. The summed E-state index contributed by atoms with van der Waals surface area (Å²) < 4.78 is 4.71. The molecule has 28 heavy (non-hydrogen) atoms. The van der Waals surface area contributed by atoms with Crippen molar-refractivity contribution in [1.29, 1.82) is 0 Å². The largest absolute Gasteiger partial charge is 0.465 e. The lowest BCUT2D eigenvalue weighted by Gasteiger charge is -2.09. The normalized spacial score (nSPS) is 10.1. The lowest BCUT2D eigenvalue weighted by molar-refractivity contribution is -0.114. The Morgan fingerprint density at radius 1 is 0.964 bits per heavy atom. The Morgan fingerprint density at radius 3 is 2.43 bits per heavy atom. The highest BCUT2D eigenvalue weighted by atomic mass is 16.5. The highest BCUT2D eigenvalue weighted by Crippen LogP contribution is 2.20. The number of anilines is 5. The summed E-state index contributed by atoms with van der Waals surface area (Å²) in [5, 5.41) is 16.7. The molecule has 0 aliphatic rings. The third-order valence-electron chi connectivity index (χ3n) is 3.55. The van der Waals surface area contributed by atoms with E-state index in [-0.39, 0.29) is 11.9 Å². The second-order valence-corrected chi connectivity index (χ2v) is 5.75. The molecule has 2 aromatic carbocycles. The number of hydrogen-bond donors (Lipinski definition) is 3. The van der Waals surface area contributed by atoms with Crippen LogP contribution in [-0.2, 0) is 9.53 Å². The van der Waals surface area contributed by atoms with E-state index < -0.39 is 5.97 Å². The van der Waals surface area contributed by atoms with E-state index in [0.29, 0.717) is 22.8 Å². The standard InChI is InChI=1S/C19H18N6O3/c1-12(26)21-15-7-4-8-16(10-15)22-17-11-20-25-19(24-17)23-14-6-3-5-13(9-14)18(27)28-2/h3-11H,1-2H3,(H,21,26)(H2,22,23,24,25). The Balaban J connectivity index is 1.74. The van der Waals surface area contributed by atoms with Crippen LogP contribution in [0.15, 0.2) is 54.7 Å². The quantitative estimate of drug-likeness (QED) is 0.560. The number of aromatic nitrogens is 3. The molecule has 0 unspecified atom stereocenters. The zero-order chi connectivity index (χ0) is 19.9. The average molecular weight is 378 g/mol. The lowest BCUT2D eigenvalue weighted by atomic mass is 10.2. The summed E-state index contributed by atoms with van der Waals surface area (Å²) in [4.78, 5) is 27.2. The number of amides is 1. The summed E-state index contributed by atoms with van der Waals surface area (Å²) in [6.07, 6.45) is 1.47. The number of carbonyl (C=O) groups excluding carboxylic acids is 2. The van der Waals surface area contributed by atoms with Crippen molar-refractivity contribution in [3.63, 3.8) is 0 Å². The molecule has 0 radical (unpaired) electrons. The van der Waals surface area contributed by atoms with Gasteiger partial charge in [0.25, 0.3) is 0 Å². The number of methoxy groups -OCH3 is 1. The minimum atomic E-state index is -0.433. The van der Waals surface area contributed by atoms with Crippen LogP contribution in [0.25, 0.3) is 0 Å². The number of nitrogens with zero attached hydrogens (tertiary/aromatic N) is 3. The minimum Gasteiger partial charge on any atom is -0.465 e. The summed E-state index contributed by atoms with van der Waals surface area (Å²) in [5.74, 6) is 0.130. The zero-order valence-electron chi connectivity index (χ0n) is 15.3. The molecule has 0 aliphatic carbocycles. The van der Waals surface area contributed by atoms with E-state index in [1.165, 1.54) is 20.2 Å². The first-order valence-corrected chi connectivity index (χ1v) is 8.33. The van der Waals surface area contributed by atoms with Gasteiger partial charge in [-0.15, -0.1) is 5.10 Å². The van der Waals surface area contributed by atoms with E-state index in [4.69, 9.17) is 4.74 Å². The number of ether oxygens (including phenoxy) is 1. The van der Waals surface area contributed by atoms with E-state index in [0.717, 1.165) is 5.69 Å². The van der Waals surface area contributed by atoms with Crippen LogP contribution in [0, 0.1) is 0 Å². The van der Waals surface area contributed by atoms with Gasteiger partial charge in [0, 0.05) is 24.0 Å². The van der Waals surface area contributed by atoms with Gasteiger partial charge in [-0.3, -0.25) is 4.79 Å². The fraction of sp³-hybridized carbons (Fsp3) is 0.105. The van der Waals surface area contributed by atoms with Crippen molar-refractivity contribution in [2.45, 2.75) is 6.92 Å². The van der Waals surface area contributed by atoms with Crippen LogP contribution in [0.4, 0.5) is 28.8 Å². The van der Waals surface area contributed by atoms with Crippen molar-refractivity contribution < 1.29 is 14.3 Å². The second kappa shape index (κ2) is 8.58. The van der Waals surface area contributed by atoms with Gasteiger partial charge < -0.3 is 20.7 Å². The molecule has 0 fully saturated rings. The number of hydrogen-bond acceptors (Lipinski definition) is 8. The van der Waals surface area contributed by atoms with Crippen LogP contribution in [-0.4, -0.2) is 34.2 Å². The molecule has 9 nitrogen and oxygen atoms in total. The van der Waals surface area contributed by atoms with Gasteiger partial charge in [0.1, 0.15) is 0 Å².